The monoisotopic (exact) mass is 764 g/mol. The molecular weight excluding hydrogens is 738 g/mol. The fraction of sp³-hybridized carbons (Fsp3) is 0.200. The first-order chi connectivity index (χ1) is 18.0. The average molecular weight is 763 g/mol. The molecule has 3 rings (SSSR count). The Morgan fingerprint density at radius 1 is 0.800 bits per heavy atom. The summed E-state index contributed by atoms with van der Waals surface area (Å²) in [6.07, 6.45) is 1.70. The third-order valence-corrected chi connectivity index (χ3v) is 3.33. The smallest absolute Gasteiger partial charge is 0 e. The van der Waals surface area contributed by atoms with Crippen LogP contribution in [0.5, 0.6) is 0 Å². The molecule has 0 spiro atoms. The van der Waals surface area contributed by atoms with Crippen molar-refractivity contribution in [1.82, 2.24) is 9.97 Å². The fourth-order valence-corrected chi connectivity index (χ4v) is 2.27. The van der Waals surface area contributed by atoms with Crippen LogP contribution in [0.1, 0.15) is 38.1 Å². The van der Waals surface area contributed by atoms with Gasteiger partial charge in [-0.2, -0.15) is 15.8 Å². The van der Waals surface area contributed by atoms with Gasteiger partial charge in [-0.15, -0.1) is 0 Å². The van der Waals surface area contributed by atoms with Gasteiger partial charge in [-0.25, -0.2) is 9.78 Å². The van der Waals surface area contributed by atoms with Crippen molar-refractivity contribution in [1.29, 1.82) is 15.8 Å². The van der Waals surface area contributed by atoms with E-state index < -0.39 is 7.81 Å². The molecule has 15 heteroatoms. The predicted molar refractivity (Wildman–Crippen MR) is 136 cm³/mol. The standard InChI is InChI=1S/C19H16N2O2.3C2H3N.F6P.Os/c1-2-23-19(22)15-12-17(14-8-4-3-5-9-14)21-18(13-15)16-10-6-7-11-20-16;3*1-2-3;1-7(2,3,4,5)6;/h3-13H,2H2,1H3;3*1H3;;/q;;;;-1;. The zero-order chi connectivity index (χ0) is 30.6. The molecule has 0 saturated carbocycles. The van der Waals surface area contributed by atoms with E-state index >= 15 is 0 Å². The second kappa shape index (κ2) is 18.4. The molecule has 218 valence electrons. The summed E-state index contributed by atoms with van der Waals surface area (Å²) in [5.74, 6) is -0.357. The molecule has 0 bridgehead atoms. The van der Waals surface area contributed by atoms with Gasteiger partial charge in [0.1, 0.15) is 0 Å². The maximum atomic E-state index is 12.1. The minimum absolute atomic E-state index is 0. The van der Waals surface area contributed by atoms with E-state index in [1.165, 1.54) is 20.8 Å². The van der Waals surface area contributed by atoms with Gasteiger partial charge in [0, 0.05) is 52.3 Å². The van der Waals surface area contributed by atoms with Crippen LogP contribution in [0.15, 0.2) is 66.9 Å². The summed E-state index contributed by atoms with van der Waals surface area (Å²) in [6, 6.07) is 24.1. The molecular formula is C25H25F6N5O2OsP-. The van der Waals surface area contributed by atoms with Gasteiger partial charge in [-0.1, -0.05) is 36.4 Å². The molecule has 7 nitrogen and oxygen atoms in total. The normalized spacial score (nSPS) is 10.6. The van der Waals surface area contributed by atoms with Gasteiger partial charge in [0.25, 0.3) is 0 Å². The number of ether oxygens (including phenoxy) is 1. The van der Waals surface area contributed by atoms with Gasteiger partial charge >= 0.3 is 39.0 Å². The first-order valence-corrected chi connectivity index (χ1v) is 12.7. The number of aromatic nitrogens is 2. The molecule has 0 atom stereocenters. The summed E-state index contributed by atoms with van der Waals surface area (Å²) in [5, 5.41) is 22.0. The van der Waals surface area contributed by atoms with Crippen LogP contribution in [0.25, 0.3) is 22.6 Å². The van der Waals surface area contributed by atoms with Crippen molar-refractivity contribution in [3.8, 4) is 40.9 Å². The molecule has 0 fully saturated rings. The number of carbonyl (C=O) groups excluding carboxylic acids is 1. The van der Waals surface area contributed by atoms with Crippen molar-refractivity contribution in [3.63, 3.8) is 0 Å². The van der Waals surface area contributed by atoms with Crippen molar-refractivity contribution in [2.75, 3.05) is 6.61 Å². The molecule has 0 radical (unpaired) electrons. The Labute approximate surface area is 241 Å². The largest absolute Gasteiger partial charge is 0 e. The van der Waals surface area contributed by atoms with E-state index in [9.17, 15) is 30.0 Å². The molecule has 0 unspecified atom stereocenters. The van der Waals surface area contributed by atoms with Crippen molar-refractivity contribution in [3.05, 3.63) is 72.4 Å². The number of esters is 1. The first kappa shape index (κ1) is 40.6. The number of pyridine rings is 2. The van der Waals surface area contributed by atoms with Crippen LogP contribution in [0.3, 0.4) is 0 Å². The van der Waals surface area contributed by atoms with Crippen molar-refractivity contribution < 1.29 is 54.5 Å². The summed E-state index contributed by atoms with van der Waals surface area (Å²) < 4.78 is 64.3. The fourth-order valence-electron chi connectivity index (χ4n) is 2.27. The van der Waals surface area contributed by atoms with Crippen molar-refractivity contribution in [2.24, 2.45) is 0 Å². The summed E-state index contributed by atoms with van der Waals surface area (Å²) in [7, 11) is -10.7. The molecule has 2 heterocycles. The average Bonchev–Trinajstić information content (AvgIpc) is 2.85. The maximum Gasteiger partial charge on any atom is 0 e. The van der Waals surface area contributed by atoms with Crippen LogP contribution in [-0.2, 0) is 24.5 Å². The van der Waals surface area contributed by atoms with Crippen LogP contribution in [-0.4, -0.2) is 22.5 Å². The Morgan fingerprint density at radius 2 is 1.23 bits per heavy atom. The Kier molecular flexibility index (Phi) is 18.7. The van der Waals surface area contributed by atoms with Gasteiger partial charge in [0.2, 0.25) is 0 Å². The molecule has 3 aromatic rings. The number of nitrogens with zero attached hydrogens (tertiary/aromatic N) is 5. The van der Waals surface area contributed by atoms with Crippen LogP contribution in [0.4, 0.5) is 25.2 Å². The van der Waals surface area contributed by atoms with Crippen LogP contribution in [0, 0.1) is 34.0 Å². The number of halogens is 6. The van der Waals surface area contributed by atoms with Gasteiger partial charge in [0.15, 0.2) is 0 Å². The quantitative estimate of drug-likeness (QED) is 0.148. The molecule has 0 aliphatic heterocycles. The molecule has 0 amide bonds. The Morgan fingerprint density at radius 3 is 1.62 bits per heavy atom. The van der Waals surface area contributed by atoms with Gasteiger partial charge in [0.05, 0.1) is 47.5 Å². The van der Waals surface area contributed by atoms with Gasteiger partial charge in [-0.05, 0) is 31.2 Å². The zero-order valence-corrected chi connectivity index (χ0v) is 25.1. The minimum atomic E-state index is -10.7. The Bertz CT molecular complexity index is 1200. The van der Waals surface area contributed by atoms with E-state index in [4.69, 9.17) is 20.5 Å². The number of rotatable bonds is 4. The van der Waals surface area contributed by atoms with E-state index in [0.29, 0.717) is 17.9 Å². The van der Waals surface area contributed by atoms with E-state index in [1.54, 1.807) is 43.5 Å². The van der Waals surface area contributed by atoms with Crippen LogP contribution >= 0.6 is 7.81 Å². The zero-order valence-electron chi connectivity index (χ0n) is 21.7. The molecule has 0 aliphatic rings. The number of hydrogen-bond donors (Lipinski definition) is 0. The second-order valence-electron chi connectivity index (χ2n) is 6.56. The van der Waals surface area contributed by atoms with E-state index in [1.807, 2.05) is 48.5 Å². The van der Waals surface area contributed by atoms with Crippen LogP contribution in [0.2, 0.25) is 0 Å². The molecule has 2 aromatic heterocycles. The summed E-state index contributed by atoms with van der Waals surface area (Å²) in [6.45, 7) is 6.41. The summed E-state index contributed by atoms with van der Waals surface area (Å²) >= 11 is 0. The Balaban J connectivity index is -0.000000671. The minimum Gasteiger partial charge on any atom is 0 e. The number of nitriles is 3. The number of benzene rings is 1. The summed E-state index contributed by atoms with van der Waals surface area (Å²) in [4.78, 5) is 21.1. The summed E-state index contributed by atoms with van der Waals surface area (Å²) in [5.41, 5.74) is 3.50. The molecule has 0 saturated heterocycles. The number of carbonyl (C=O) groups is 1. The van der Waals surface area contributed by atoms with Crippen molar-refractivity contribution >= 4 is 13.8 Å². The van der Waals surface area contributed by atoms with E-state index in [-0.39, 0.29) is 25.8 Å². The van der Waals surface area contributed by atoms with E-state index in [0.717, 1.165) is 17.0 Å². The number of hydrogen-bond acceptors (Lipinski definition) is 7. The molecule has 0 N–H and O–H groups in total. The van der Waals surface area contributed by atoms with Gasteiger partial charge < -0.3 is 4.74 Å². The van der Waals surface area contributed by atoms with Crippen LogP contribution < -0.4 is 0 Å². The third-order valence-electron chi connectivity index (χ3n) is 3.33. The maximum absolute atomic E-state index is 12.1. The topological polar surface area (TPSA) is 123 Å². The van der Waals surface area contributed by atoms with Crippen molar-refractivity contribution in [2.45, 2.75) is 27.7 Å². The Hall–Kier alpha value is -3.89. The molecule has 0 aliphatic carbocycles. The van der Waals surface area contributed by atoms with E-state index in [2.05, 4.69) is 9.97 Å². The predicted octanol–water partition coefficient (Wildman–Crippen LogP) is 8.96. The third kappa shape index (κ3) is 24.4. The SMILES string of the molecule is CC#N.CC#N.CC#N.CCOC(=O)c1cc(-c2ccccc2)nc(-c2ccccn2)c1.F[P-](F)(F)(F)(F)F.[Os]. The van der Waals surface area contributed by atoms with Gasteiger partial charge in [-0.3, -0.25) is 4.98 Å². The second-order valence-corrected chi connectivity index (χ2v) is 8.47. The molecule has 1 aromatic carbocycles. The first-order valence-electron chi connectivity index (χ1n) is 10.6. The molecule has 40 heavy (non-hydrogen) atoms.